The number of Topliss-reactive ketones (excluding diaryl/α,β-unsaturated/α-hetero) is 1. The lowest BCUT2D eigenvalue weighted by Crippen LogP contribution is -2.40. The number of aliphatic hydroxyl groups is 1. The number of amides is 2. The lowest BCUT2D eigenvalue weighted by Gasteiger charge is -2.24. The molecule has 2 amide bonds. The van der Waals surface area contributed by atoms with Crippen LogP contribution in [0.2, 0.25) is 0 Å². The summed E-state index contributed by atoms with van der Waals surface area (Å²) in [6.07, 6.45) is 7.43. The van der Waals surface area contributed by atoms with Crippen LogP contribution in [0.3, 0.4) is 0 Å². The molecule has 288 valence electrons. The second-order valence-electron chi connectivity index (χ2n) is 15.1. The minimum atomic E-state index is -0.672. The number of β-amino-alcohol motifs (C(OH)–C–C–N with tert-alkyl or cyclic N) is 1. The van der Waals surface area contributed by atoms with Gasteiger partial charge in [0.25, 0.3) is 5.91 Å². The lowest BCUT2D eigenvalue weighted by atomic mass is 10.00. The molecule has 0 bridgehead atoms. The molecule has 12 heteroatoms. The van der Waals surface area contributed by atoms with Crippen LogP contribution in [0.5, 0.6) is 0 Å². The van der Waals surface area contributed by atoms with Crippen LogP contribution in [0.4, 0.5) is 0 Å². The summed E-state index contributed by atoms with van der Waals surface area (Å²) in [7, 11) is 0. The summed E-state index contributed by atoms with van der Waals surface area (Å²) >= 11 is 0. The SMILES string of the molecule is CC(C)(C)O[C@H]1CN[C@H](C(=O)NCc2ccc(-c3cnco3)cc2)C1.Cc1cccc(C(=O)N2C[C@H](O)C[C@H]2C(=O)CCc2ccc(-c3cnco3)cc2)c1. The van der Waals surface area contributed by atoms with Gasteiger partial charge in [-0.1, -0.05) is 66.2 Å². The second kappa shape index (κ2) is 17.8. The maximum absolute atomic E-state index is 12.9. The molecule has 55 heavy (non-hydrogen) atoms. The zero-order valence-electron chi connectivity index (χ0n) is 31.7. The number of aromatic nitrogens is 2. The van der Waals surface area contributed by atoms with Crippen LogP contribution < -0.4 is 10.6 Å². The van der Waals surface area contributed by atoms with E-state index < -0.39 is 12.1 Å². The predicted molar refractivity (Wildman–Crippen MR) is 207 cm³/mol. The Bertz CT molecular complexity index is 2010. The van der Waals surface area contributed by atoms with Gasteiger partial charge in [0.1, 0.15) is 0 Å². The van der Waals surface area contributed by atoms with Crippen LogP contribution in [0.15, 0.2) is 107 Å². The fraction of sp³-hybridized carbons (Fsp3) is 0.372. The molecule has 5 aromatic rings. The number of aryl methyl sites for hydroxylation is 2. The molecule has 12 nitrogen and oxygen atoms in total. The van der Waals surface area contributed by atoms with E-state index >= 15 is 0 Å². The summed E-state index contributed by atoms with van der Waals surface area (Å²) < 4.78 is 16.5. The number of carbonyl (C=O) groups is 3. The van der Waals surface area contributed by atoms with Crippen molar-refractivity contribution in [3.05, 3.63) is 120 Å². The normalized spacial score (nSPS) is 19.5. The highest BCUT2D eigenvalue weighted by atomic mass is 16.5. The number of aliphatic hydroxyl groups excluding tert-OH is 1. The Hall–Kier alpha value is -5.43. The Labute approximate surface area is 321 Å². The summed E-state index contributed by atoms with van der Waals surface area (Å²) in [6, 6.07) is 22.2. The standard InChI is InChI=1S/C24H24N2O4.C19H25N3O3/c1-16-3-2-4-19(11-16)24(29)26-14-20(27)12-21(26)22(28)10-7-17-5-8-18(9-6-17)23-13-25-15-30-23;1-19(2,3)25-15-8-16(21-10-15)18(23)22-9-13-4-6-14(7-5-13)17-11-20-12-24-17/h2-6,8-9,11,13,15,20-21,27H,7,10,12,14H2,1H3;4-7,11-12,15-16,21H,8-10H2,1-3H3,(H,22,23)/t20-,21+;15-,16+/m11/s1. The van der Waals surface area contributed by atoms with Crippen LogP contribution in [0.1, 0.15) is 67.1 Å². The molecule has 7 rings (SSSR count). The topological polar surface area (TPSA) is 160 Å². The summed E-state index contributed by atoms with van der Waals surface area (Å²) in [4.78, 5) is 47.5. The molecule has 0 saturated carbocycles. The van der Waals surface area contributed by atoms with Gasteiger partial charge in [-0.15, -0.1) is 0 Å². The molecule has 2 aliphatic rings. The number of likely N-dealkylation sites (tertiary alicyclic amines) is 1. The monoisotopic (exact) mass is 747 g/mol. The van der Waals surface area contributed by atoms with Crippen LogP contribution in [-0.2, 0) is 27.3 Å². The first-order valence-electron chi connectivity index (χ1n) is 18.6. The van der Waals surface area contributed by atoms with Gasteiger partial charge in [0.05, 0.1) is 42.3 Å². The van der Waals surface area contributed by atoms with Gasteiger partial charge in [0.2, 0.25) is 5.91 Å². The molecule has 3 N–H and O–H groups in total. The van der Waals surface area contributed by atoms with Gasteiger partial charge >= 0.3 is 0 Å². The fourth-order valence-electron chi connectivity index (χ4n) is 6.87. The zero-order chi connectivity index (χ0) is 39.0. The second-order valence-corrected chi connectivity index (χ2v) is 15.1. The average molecular weight is 748 g/mol. The number of carbonyl (C=O) groups excluding carboxylic acids is 3. The predicted octanol–water partition coefficient (Wildman–Crippen LogP) is 5.93. The molecular weight excluding hydrogens is 699 g/mol. The number of hydrogen-bond donors (Lipinski definition) is 3. The molecule has 4 heterocycles. The summed E-state index contributed by atoms with van der Waals surface area (Å²) in [5, 5.41) is 16.3. The van der Waals surface area contributed by atoms with E-state index in [1.54, 1.807) is 18.5 Å². The van der Waals surface area contributed by atoms with Gasteiger partial charge in [-0.3, -0.25) is 14.4 Å². The summed E-state index contributed by atoms with van der Waals surface area (Å²) in [5.41, 5.74) is 5.30. The zero-order valence-corrected chi connectivity index (χ0v) is 31.7. The van der Waals surface area contributed by atoms with E-state index in [-0.39, 0.29) is 41.9 Å². The first-order valence-corrected chi connectivity index (χ1v) is 18.6. The van der Waals surface area contributed by atoms with Crippen LogP contribution in [-0.4, -0.2) is 80.6 Å². The number of ether oxygens (including phenoxy) is 1. The van der Waals surface area contributed by atoms with Crippen molar-refractivity contribution in [3.8, 4) is 22.6 Å². The van der Waals surface area contributed by atoms with Crippen molar-refractivity contribution in [2.45, 2.75) is 89.8 Å². The highest BCUT2D eigenvalue weighted by molar-refractivity contribution is 5.98. The minimum absolute atomic E-state index is 0.0133. The number of benzene rings is 3. The third-order valence-electron chi connectivity index (χ3n) is 9.57. The van der Waals surface area contributed by atoms with Gasteiger partial charge in [-0.25, -0.2) is 9.97 Å². The molecular formula is C43H49N5O7. The highest BCUT2D eigenvalue weighted by Gasteiger charge is 2.38. The van der Waals surface area contributed by atoms with E-state index in [2.05, 4.69) is 20.6 Å². The number of rotatable bonds is 11. The van der Waals surface area contributed by atoms with Crippen molar-refractivity contribution in [1.82, 2.24) is 25.5 Å². The molecule has 2 aromatic heterocycles. The number of ketones is 1. The molecule has 0 unspecified atom stereocenters. The maximum Gasteiger partial charge on any atom is 0.254 e. The molecule has 0 spiro atoms. The van der Waals surface area contributed by atoms with E-state index in [0.29, 0.717) is 50.1 Å². The van der Waals surface area contributed by atoms with Gasteiger partial charge in [-0.2, -0.15) is 0 Å². The van der Waals surface area contributed by atoms with Crippen LogP contribution in [0.25, 0.3) is 22.6 Å². The molecule has 2 fully saturated rings. The van der Waals surface area contributed by atoms with Crippen molar-refractivity contribution >= 4 is 17.6 Å². The van der Waals surface area contributed by atoms with Crippen molar-refractivity contribution in [2.75, 3.05) is 13.1 Å². The quantitative estimate of drug-likeness (QED) is 0.148. The fourth-order valence-corrected chi connectivity index (χ4v) is 6.87. The molecule has 0 aliphatic carbocycles. The van der Waals surface area contributed by atoms with Gasteiger partial charge in [0.15, 0.2) is 30.1 Å². The average Bonchev–Trinajstić information content (AvgIpc) is 4.01. The van der Waals surface area contributed by atoms with Crippen molar-refractivity contribution in [3.63, 3.8) is 0 Å². The molecule has 4 atom stereocenters. The van der Waals surface area contributed by atoms with Crippen molar-refractivity contribution in [2.24, 2.45) is 0 Å². The Balaban J connectivity index is 0.000000190. The van der Waals surface area contributed by atoms with Crippen molar-refractivity contribution in [1.29, 1.82) is 0 Å². The third kappa shape index (κ3) is 10.8. The largest absolute Gasteiger partial charge is 0.444 e. The Morgan fingerprint density at radius 1 is 0.909 bits per heavy atom. The van der Waals surface area contributed by atoms with Gasteiger partial charge in [-0.05, 0) is 63.8 Å². The number of nitrogens with one attached hydrogen (secondary N) is 2. The van der Waals surface area contributed by atoms with E-state index in [4.69, 9.17) is 13.6 Å². The maximum atomic E-state index is 12.9. The van der Waals surface area contributed by atoms with Crippen molar-refractivity contribution < 1.29 is 33.1 Å². The lowest BCUT2D eigenvalue weighted by molar-refractivity contribution is -0.123. The van der Waals surface area contributed by atoms with Crippen LogP contribution >= 0.6 is 0 Å². The Morgan fingerprint density at radius 2 is 1.55 bits per heavy atom. The first-order chi connectivity index (χ1) is 26.4. The molecule has 3 aromatic carbocycles. The molecule has 2 saturated heterocycles. The summed E-state index contributed by atoms with van der Waals surface area (Å²) in [6.45, 7) is 9.41. The molecule has 2 aliphatic heterocycles. The summed E-state index contributed by atoms with van der Waals surface area (Å²) in [5.74, 6) is 1.22. The Morgan fingerprint density at radius 3 is 2.13 bits per heavy atom. The third-order valence-corrected chi connectivity index (χ3v) is 9.57. The van der Waals surface area contributed by atoms with Crippen LogP contribution in [0, 0.1) is 6.92 Å². The number of oxazole rings is 2. The van der Waals surface area contributed by atoms with Gasteiger partial charge < -0.3 is 34.2 Å². The Kier molecular flexibility index (Phi) is 12.7. The number of hydrogen-bond acceptors (Lipinski definition) is 10. The molecule has 0 radical (unpaired) electrons. The highest BCUT2D eigenvalue weighted by Crippen LogP contribution is 2.25. The van der Waals surface area contributed by atoms with E-state index in [1.165, 1.54) is 17.7 Å². The van der Waals surface area contributed by atoms with E-state index in [0.717, 1.165) is 33.6 Å². The minimum Gasteiger partial charge on any atom is -0.444 e. The van der Waals surface area contributed by atoms with Gasteiger partial charge in [0, 0.05) is 49.2 Å². The first kappa shape index (κ1) is 39.3. The van der Waals surface area contributed by atoms with E-state index in [9.17, 15) is 19.5 Å². The number of nitrogens with zero attached hydrogens (tertiary/aromatic N) is 3. The smallest absolute Gasteiger partial charge is 0.254 e. The van der Waals surface area contributed by atoms with E-state index in [1.807, 2.05) is 94.4 Å².